The molecule has 1 fully saturated rings. The van der Waals surface area contributed by atoms with E-state index in [2.05, 4.69) is 5.32 Å². The Morgan fingerprint density at radius 1 is 1.06 bits per heavy atom. The first-order chi connectivity index (χ1) is 14.9. The van der Waals surface area contributed by atoms with Gasteiger partial charge in [-0.3, -0.25) is 0 Å². The van der Waals surface area contributed by atoms with Gasteiger partial charge in [-0.1, -0.05) is 44.2 Å². The van der Waals surface area contributed by atoms with Crippen LogP contribution >= 0.6 is 0 Å². The van der Waals surface area contributed by atoms with E-state index in [-0.39, 0.29) is 29.0 Å². The molecule has 0 aromatic heterocycles. The van der Waals surface area contributed by atoms with Crippen LogP contribution < -0.4 is 10.1 Å². The van der Waals surface area contributed by atoms with Gasteiger partial charge in [0.25, 0.3) is 0 Å². The molecule has 4 rings (SSSR count). The SMILES string of the molecule is CC(C)CN1[C@H]2CCN(C(=O)Nc3ccccc3)CC[C@@H]2Oc2ccccc2S1(=O)=O. The molecule has 7 nitrogen and oxygen atoms in total. The molecular weight excluding hydrogens is 414 g/mol. The molecule has 1 N–H and O–H groups in total. The number of urea groups is 1. The predicted octanol–water partition coefficient (Wildman–Crippen LogP) is 3.79. The highest BCUT2D eigenvalue weighted by atomic mass is 32.2. The minimum atomic E-state index is -3.70. The van der Waals surface area contributed by atoms with Crippen LogP contribution in [0.5, 0.6) is 5.75 Å². The summed E-state index contributed by atoms with van der Waals surface area (Å²) in [5, 5.41) is 2.92. The number of anilines is 1. The fraction of sp³-hybridized carbons (Fsp3) is 0.435. The average molecular weight is 444 g/mol. The topological polar surface area (TPSA) is 79.0 Å². The molecule has 2 atom stereocenters. The van der Waals surface area contributed by atoms with Crippen molar-refractivity contribution in [2.24, 2.45) is 5.92 Å². The number of sulfonamides is 1. The third-order valence-corrected chi connectivity index (χ3v) is 7.68. The number of nitrogens with one attached hydrogen (secondary N) is 1. The van der Waals surface area contributed by atoms with Crippen LogP contribution in [-0.4, -0.2) is 55.4 Å². The zero-order valence-electron chi connectivity index (χ0n) is 17.9. The Kier molecular flexibility index (Phi) is 6.20. The zero-order valence-corrected chi connectivity index (χ0v) is 18.7. The summed E-state index contributed by atoms with van der Waals surface area (Å²) >= 11 is 0. The van der Waals surface area contributed by atoms with Crippen molar-refractivity contribution in [3.05, 3.63) is 54.6 Å². The highest BCUT2D eigenvalue weighted by molar-refractivity contribution is 7.89. The second-order valence-electron chi connectivity index (χ2n) is 8.50. The third kappa shape index (κ3) is 4.55. The normalized spacial score (nSPS) is 23.1. The van der Waals surface area contributed by atoms with Gasteiger partial charge in [-0.2, -0.15) is 4.31 Å². The minimum Gasteiger partial charge on any atom is -0.487 e. The zero-order chi connectivity index (χ0) is 22.0. The van der Waals surface area contributed by atoms with Crippen LogP contribution in [0.25, 0.3) is 0 Å². The molecule has 2 aliphatic heterocycles. The third-order valence-electron chi connectivity index (χ3n) is 5.75. The molecule has 0 aliphatic carbocycles. The number of ether oxygens (including phenoxy) is 1. The number of para-hydroxylation sites is 2. The number of rotatable bonds is 3. The largest absolute Gasteiger partial charge is 0.487 e. The van der Waals surface area contributed by atoms with Crippen molar-refractivity contribution in [1.29, 1.82) is 0 Å². The summed E-state index contributed by atoms with van der Waals surface area (Å²) in [6.07, 6.45) is 0.768. The summed E-state index contributed by atoms with van der Waals surface area (Å²) < 4.78 is 34.9. The van der Waals surface area contributed by atoms with E-state index in [4.69, 9.17) is 4.74 Å². The lowest BCUT2D eigenvalue weighted by Gasteiger charge is -2.32. The van der Waals surface area contributed by atoms with E-state index in [1.807, 2.05) is 44.2 Å². The molecule has 2 aliphatic rings. The Morgan fingerprint density at radius 2 is 1.74 bits per heavy atom. The smallest absolute Gasteiger partial charge is 0.321 e. The second-order valence-corrected chi connectivity index (χ2v) is 10.4. The summed E-state index contributed by atoms with van der Waals surface area (Å²) in [4.78, 5) is 14.8. The van der Waals surface area contributed by atoms with Crippen LogP contribution in [0.1, 0.15) is 26.7 Å². The lowest BCUT2D eigenvalue weighted by Crippen LogP contribution is -2.48. The van der Waals surface area contributed by atoms with Crippen molar-refractivity contribution in [2.45, 2.75) is 43.7 Å². The molecule has 2 aromatic carbocycles. The molecule has 0 saturated carbocycles. The van der Waals surface area contributed by atoms with Gasteiger partial charge in [-0.25, -0.2) is 13.2 Å². The van der Waals surface area contributed by atoms with Gasteiger partial charge in [0.2, 0.25) is 10.0 Å². The lowest BCUT2D eigenvalue weighted by molar-refractivity contribution is 0.108. The van der Waals surface area contributed by atoms with Gasteiger partial charge in [-0.05, 0) is 36.6 Å². The van der Waals surface area contributed by atoms with Crippen LogP contribution in [0.2, 0.25) is 0 Å². The highest BCUT2D eigenvalue weighted by Crippen LogP contribution is 2.36. The van der Waals surface area contributed by atoms with Gasteiger partial charge in [0, 0.05) is 31.7 Å². The summed E-state index contributed by atoms with van der Waals surface area (Å²) in [6, 6.07) is 15.7. The average Bonchev–Trinajstić information content (AvgIpc) is 2.99. The monoisotopic (exact) mass is 443 g/mol. The van der Waals surface area contributed by atoms with Crippen molar-refractivity contribution >= 4 is 21.7 Å². The lowest BCUT2D eigenvalue weighted by atomic mass is 10.0. The van der Waals surface area contributed by atoms with Crippen LogP contribution in [0, 0.1) is 5.92 Å². The number of nitrogens with zero attached hydrogens (tertiary/aromatic N) is 2. The van der Waals surface area contributed by atoms with Crippen LogP contribution in [0.4, 0.5) is 10.5 Å². The number of hydrogen-bond donors (Lipinski definition) is 1. The maximum Gasteiger partial charge on any atom is 0.321 e. The summed E-state index contributed by atoms with van der Waals surface area (Å²) in [5.41, 5.74) is 0.736. The quantitative estimate of drug-likeness (QED) is 0.783. The van der Waals surface area contributed by atoms with Gasteiger partial charge in [0.05, 0.1) is 6.04 Å². The number of benzene rings is 2. The molecule has 0 bridgehead atoms. The molecule has 0 unspecified atom stereocenters. The van der Waals surface area contributed by atoms with E-state index in [0.29, 0.717) is 38.2 Å². The fourth-order valence-electron chi connectivity index (χ4n) is 4.28. The van der Waals surface area contributed by atoms with Crippen LogP contribution in [0.3, 0.4) is 0 Å². The summed E-state index contributed by atoms with van der Waals surface area (Å²) in [6.45, 7) is 5.40. The molecule has 0 spiro atoms. The van der Waals surface area contributed by atoms with E-state index < -0.39 is 10.0 Å². The Labute approximate surface area is 184 Å². The van der Waals surface area contributed by atoms with E-state index in [1.54, 1.807) is 33.5 Å². The van der Waals surface area contributed by atoms with Crippen molar-refractivity contribution in [3.8, 4) is 5.75 Å². The molecule has 8 heteroatoms. The van der Waals surface area contributed by atoms with Crippen molar-refractivity contribution < 1.29 is 17.9 Å². The Bertz CT molecular complexity index is 1030. The molecule has 0 radical (unpaired) electrons. The first-order valence-electron chi connectivity index (χ1n) is 10.7. The number of hydrogen-bond acceptors (Lipinski definition) is 4. The fourth-order valence-corrected chi connectivity index (χ4v) is 6.24. The summed E-state index contributed by atoms with van der Waals surface area (Å²) in [5.74, 6) is 0.562. The molecule has 31 heavy (non-hydrogen) atoms. The molecule has 2 heterocycles. The van der Waals surface area contributed by atoms with Crippen molar-refractivity contribution in [1.82, 2.24) is 9.21 Å². The molecular formula is C23H29N3O4S. The first-order valence-corrected chi connectivity index (χ1v) is 12.2. The molecule has 2 aromatic rings. The highest BCUT2D eigenvalue weighted by Gasteiger charge is 2.43. The molecule has 1 saturated heterocycles. The summed E-state index contributed by atoms with van der Waals surface area (Å²) in [7, 11) is -3.70. The number of carbonyl (C=O) groups is 1. The van der Waals surface area contributed by atoms with Crippen LogP contribution in [-0.2, 0) is 10.0 Å². The van der Waals surface area contributed by atoms with Crippen LogP contribution in [0.15, 0.2) is 59.5 Å². The predicted molar refractivity (Wildman–Crippen MR) is 120 cm³/mol. The van der Waals surface area contributed by atoms with Gasteiger partial charge in [0.1, 0.15) is 16.7 Å². The maximum absolute atomic E-state index is 13.5. The van der Waals surface area contributed by atoms with Crippen molar-refractivity contribution in [2.75, 3.05) is 25.0 Å². The van der Waals surface area contributed by atoms with E-state index in [0.717, 1.165) is 5.69 Å². The van der Waals surface area contributed by atoms with Gasteiger partial charge >= 0.3 is 6.03 Å². The number of carbonyl (C=O) groups excluding carboxylic acids is 1. The van der Waals surface area contributed by atoms with Gasteiger partial charge in [-0.15, -0.1) is 0 Å². The Morgan fingerprint density at radius 3 is 2.48 bits per heavy atom. The Hall–Kier alpha value is -2.58. The molecule has 166 valence electrons. The number of likely N-dealkylation sites (tertiary alicyclic amines) is 1. The first kappa shape index (κ1) is 21.6. The number of amides is 2. The van der Waals surface area contributed by atoms with E-state index in [9.17, 15) is 13.2 Å². The Balaban J connectivity index is 1.60. The number of fused-ring (bicyclic) bond motifs is 2. The second kappa shape index (κ2) is 8.88. The van der Waals surface area contributed by atoms with E-state index >= 15 is 0 Å². The molecule has 2 amide bonds. The maximum atomic E-state index is 13.5. The van der Waals surface area contributed by atoms with Gasteiger partial charge in [0.15, 0.2) is 0 Å². The van der Waals surface area contributed by atoms with Crippen molar-refractivity contribution in [3.63, 3.8) is 0 Å². The standard InChI is InChI=1S/C23H29N3O4S/c1-17(2)16-26-19-12-14-25(23(27)24-18-8-4-3-5-9-18)15-13-20(19)30-21-10-6-7-11-22(21)31(26,28)29/h3-11,17,19-20H,12-16H2,1-2H3,(H,24,27)/t19-,20-/m0/s1. The van der Waals surface area contributed by atoms with Gasteiger partial charge < -0.3 is 15.0 Å². The minimum absolute atomic E-state index is 0.168. The van der Waals surface area contributed by atoms with E-state index in [1.165, 1.54) is 0 Å².